The molecule has 0 amide bonds. The van der Waals surface area contributed by atoms with E-state index in [2.05, 4.69) is 0 Å². The quantitative estimate of drug-likeness (QED) is 0.349. The van der Waals surface area contributed by atoms with Crippen LogP contribution in [0.5, 0.6) is 0 Å². The van der Waals surface area contributed by atoms with Crippen LogP contribution in [0.1, 0.15) is 47.0 Å². The standard InChI is InChI=1S/C18H26F2O9S/c1-5-17(13(21)26-9-12-10-27-15(2,3)28-12)8-6-7-16(4,11-17)29-14(22)18(19,20)30(23,24)25/h6-7,12H,5,8-11H2,1-4H3,(H,23,24,25). The molecule has 1 N–H and O–H groups in total. The van der Waals surface area contributed by atoms with Gasteiger partial charge < -0.3 is 18.9 Å². The predicted molar refractivity (Wildman–Crippen MR) is 98.0 cm³/mol. The maximum atomic E-state index is 13.6. The van der Waals surface area contributed by atoms with E-state index < -0.39 is 50.2 Å². The third kappa shape index (κ3) is 5.16. The lowest BCUT2D eigenvalue weighted by Crippen LogP contribution is -2.48. The molecular formula is C18H26F2O9S. The summed E-state index contributed by atoms with van der Waals surface area (Å²) >= 11 is 0. The molecule has 30 heavy (non-hydrogen) atoms. The maximum Gasteiger partial charge on any atom is 0.465 e. The second-order valence-electron chi connectivity index (χ2n) is 8.16. The zero-order valence-corrected chi connectivity index (χ0v) is 18.0. The summed E-state index contributed by atoms with van der Waals surface area (Å²) in [7, 11) is -6.01. The normalized spacial score (nSPS) is 31.4. The highest BCUT2D eigenvalue weighted by Crippen LogP contribution is 2.44. The van der Waals surface area contributed by atoms with Gasteiger partial charge in [-0.1, -0.05) is 13.0 Å². The molecule has 2 rings (SSSR count). The van der Waals surface area contributed by atoms with E-state index in [0.717, 1.165) is 0 Å². The Labute approximate surface area is 173 Å². The molecule has 172 valence electrons. The topological polar surface area (TPSA) is 125 Å². The minimum Gasteiger partial charge on any atom is -0.462 e. The number of rotatable bonds is 7. The van der Waals surface area contributed by atoms with Crippen molar-refractivity contribution in [2.24, 2.45) is 5.41 Å². The summed E-state index contributed by atoms with van der Waals surface area (Å²) in [5.74, 6) is -3.86. The van der Waals surface area contributed by atoms with Gasteiger partial charge in [-0.05, 0) is 39.7 Å². The highest BCUT2D eigenvalue weighted by atomic mass is 32.2. The zero-order valence-electron chi connectivity index (χ0n) is 17.1. The molecule has 0 aromatic rings. The van der Waals surface area contributed by atoms with Crippen LogP contribution < -0.4 is 0 Å². The third-order valence-electron chi connectivity index (χ3n) is 5.13. The first kappa shape index (κ1) is 24.6. The second-order valence-corrected chi connectivity index (χ2v) is 9.62. The number of carbonyl (C=O) groups is 2. The number of ether oxygens (including phenoxy) is 4. The Morgan fingerprint density at radius 1 is 1.30 bits per heavy atom. The molecule has 0 aromatic heterocycles. The van der Waals surface area contributed by atoms with Gasteiger partial charge in [-0.2, -0.15) is 17.2 Å². The smallest absolute Gasteiger partial charge is 0.462 e. The van der Waals surface area contributed by atoms with Crippen LogP contribution >= 0.6 is 0 Å². The van der Waals surface area contributed by atoms with Crippen molar-refractivity contribution in [3.8, 4) is 0 Å². The summed E-state index contributed by atoms with van der Waals surface area (Å²) in [6, 6.07) is 0. The van der Waals surface area contributed by atoms with Crippen molar-refractivity contribution in [2.45, 2.75) is 69.7 Å². The lowest BCUT2D eigenvalue weighted by atomic mass is 9.69. The first-order chi connectivity index (χ1) is 13.6. The molecule has 0 spiro atoms. The number of hydrogen-bond donors (Lipinski definition) is 1. The number of carbonyl (C=O) groups excluding carboxylic acids is 2. The van der Waals surface area contributed by atoms with Gasteiger partial charge in [0.25, 0.3) is 0 Å². The van der Waals surface area contributed by atoms with E-state index in [-0.39, 0.29) is 32.5 Å². The van der Waals surface area contributed by atoms with Crippen LogP contribution in [0.4, 0.5) is 8.78 Å². The van der Waals surface area contributed by atoms with Gasteiger partial charge in [0.15, 0.2) is 5.79 Å². The van der Waals surface area contributed by atoms with Gasteiger partial charge in [-0.25, -0.2) is 4.79 Å². The molecule has 3 unspecified atom stereocenters. The number of alkyl halides is 2. The van der Waals surface area contributed by atoms with Gasteiger partial charge in [-0.15, -0.1) is 0 Å². The van der Waals surface area contributed by atoms with Gasteiger partial charge >= 0.3 is 27.3 Å². The van der Waals surface area contributed by atoms with Crippen LogP contribution in [-0.2, 0) is 38.7 Å². The van der Waals surface area contributed by atoms with Gasteiger partial charge in [0.1, 0.15) is 18.3 Å². The molecular weight excluding hydrogens is 430 g/mol. The lowest BCUT2D eigenvalue weighted by molar-refractivity contribution is -0.181. The van der Waals surface area contributed by atoms with Gasteiger partial charge in [0.05, 0.1) is 12.0 Å². The van der Waals surface area contributed by atoms with Crippen molar-refractivity contribution in [3.63, 3.8) is 0 Å². The molecule has 1 saturated heterocycles. The van der Waals surface area contributed by atoms with Crippen LogP contribution in [0, 0.1) is 5.41 Å². The Balaban J connectivity index is 2.10. The van der Waals surface area contributed by atoms with Crippen molar-refractivity contribution in [1.29, 1.82) is 0 Å². The van der Waals surface area contributed by atoms with Crippen LogP contribution in [0.15, 0.2) is 12.2 Å². The van der Waals surface area contributed by atoms with E-state index >= 15 is 0 Å². The molecule has 1 heterocycles. The minimum atomic E-state index is -6.01. The summed E-state index contributed by atoms with van der Waals surface area (Å²) in [4.78, 5) is 24.5. The molecule has 2 aliphatic rings. The van der Waals surface area contributed by atoms with Crippen LogP contribution in [0.25, 0.3) is 0 Å². The van der Waals surface area contributed by atoms with Crippen molar-refractivity contribution >= 4 is 22.1 Å². The fourth-order valence-electron chi connectivity index (χ4n) is 3.52. The van der Waals surface area contributed by atoms with E-state index in [1.807, 2.05) is 0 Å². The van der Waals surface area contributed by atoms with Crippen molar-refractivity contribution in [1.82, 2.24) is 0 Å². The second kappa shape index (κ2) is 8.13. The summed E-state index contributed by atoms with van der Waals surface area (Å²) in [6.07, 6.45) is 2.54. The number of esters is 2. The minimum absolute atomic E-state index is 0.0783. The molecule has 1 aliphatic carbocycles. The fourth-order valence-corrected chi connectivity index (χ4v) is 3.77. The highest BCUT2D eigenvalue weighted by molar-refractivity contribution is 7.87. The van der Waals surface area contributed by atoms with Crippen LogP contribution in [0.3, 0.4) is 0 Å². The SMILES string of the molecule is CCC1(C(=O)OCC2COC(C)(C)O2)CC=CC(C)(OC(=O)C(F)(F)S(=O)(=O)O)C1. The molecule has 9 nitrogen and oxygen atoms in total. The Bertz CT molecular complexity index is 824. The largest absolute Gasteiger partial charge is 0.465 e. The van der Waals surface area contributed by atoms with Gasteiger partial charge in [0, 0.05) is 6.42 Å². The van der Waals surface area contributed by atoms with Crippen LogP contribution in [-0.4, -0.2) is 60.9 Å². The Morgan fingerprint density at radius 3 is 2.43 bits per heavy atom. The van der Waals surface area contributed by atoms with E-state index in [1.54, 1.807) is 20.8 Å². The molecule has 3 atom stereocenters. The Kier molecular flexibility index (Phi) is 6.68. The summed E-state index contributed by atoms with van der Waals surface area (Å²) < 4.78 is 78.4. The summed E-state index contributed by atoms with van der Waals surface area (Å²) in [5, 5.41) is -5.14. The molecule has 0 saturated carbocycles. The monoisotopic (exact) mass is 456 g/mol. The zero-order chi connectivity index (χ0) is 23.0. The molecule has 12 heteroatoms. The summed E-state index contributed by atoms with van der Waals surface area (Å²) in [5.41, 5.74) is -2.90. The van der Waals surface area contributed by atoms with Crippen LogP contribution in [0.2, 0.25) is 0 Å². The van der Waals surface area contributed by atoms with Crippen molar-refractivity contribution in [2.75, 3.05) is 13.2 Å². The molecule has 1 fully saturated rings. The van der Waals surface area contributed by atoms with Gasteiger partial charge in [0.2, 0.25) is 0 Å². The average Bonchev–Trinajstić information content (AvgIpc) is 2.97. The molecule has 0 bridgehead atoms. The van der Waals surface area contributed by atoms with E-state index in [1.165, 1.54) is 19.1 Å². The first-order valence-corrected chi connectivity index (χ1v) is 10.7. The predicted octanol–water partition coefficient (Wildman–Crippen LogP) is 2.21. The average molecular weight is 456 g/mol. The number of halogens is 2. The Morgan fingerprint density at radius 2 is 1.93 bits per heavy atom. The lowest BCUT2D eigenvalue weighted by Gasteiger charge is -2.40. The first-order valence-electron chi connectivity index (χ1n) is 9.31. The van der Waals surface area contributed by atoms with Gasteiger partial charge in [-0.3, -0.25) is 9.35 Å². The van der Waals surface area contributed by atoms with E-state index in [9.17, 15) is 26.8 Å². The van der Waals surface area contributed by atoms with Crippen molar-refractivity contribution in [3.05, 3.63) is 12.2 Å². The number of allylic oxidation sites excluding steroid dienone is 1. The van der Waals surface area contributed by atoms with E-state index in [0.29, 0.717) is 0 Å². The summed E-state index contributed by atoms with van der Waals surface area (Å²) in [6.45, 7) is 6.54. The fraction of sp³-hybridized carbons (Fsp3) is 0.778. The van der Waals surface area contributed by atoms with E-state index in [4.69, 9.17) is 23.5 Å². The highest BCUT2D eigenvalue weighted by Gasteiger charge is 2.57. The van der Waals surface area contributed by atoms with Crippen molar-refractivity contribution < 1.29 is 50.3 Å². The molecule has 0 radical (unpaired) electrons. The molecule has 0 aromatic carbocycles. The molecule has 1 aliphatic heterocycles. The number of hydrogen-bond acceptors (Lipinski definition) is 8. The third-order valence-corrected chi connectivity index (χ3v) is 5.95. The Hall–Kier alpha value is -1.63. The maximum absolute atomic E-state index is 13.6.